The molecule has 1 fully saturated rings. The zero-order chi connectivity index (χ0) is 17.6. The third-order valence-electron chi connectivity index (χ3n) is 6.22. The van der Waals surface area contributed by atoms with Crippen LogP contribution in [0.3, 0.4) is 0 Å². The molecule has 0 radical (unpaired) electrons. The van der Waals surface area contributed by atoms with E-state index >= 15 is 0 Å². The third kappa shape index (κ3) is 11.3. The number of hydrogen-bond acceptors (Lipinski definition) is 0. The van der Waals surface area contributed by atoms with Crippen molar-refractivity contribution in [3.05, 3.63) is 11.1 Å². The van der Waals surface area contributed by atoms with Crippen molar-refractivity contribution in [2.24, 2.45) is 11.8 Å². The Hall–Kier alpha value is -0.260. The molecule has 1 saturated carbocycles. The van der Waals surface area contributed by atoms with Gasteiger partial charge in [-0.05, 0) is 45.4 Å². The summed E-state index contributed by atoms with van der Waals surface area (Å²) in [5.74, 6) is 1.86. The molecule has 0 nitrogen and oxygen atoms in total. The van der Waals surface area contributed by atoms with Crippen LogP contribution in [0.25, 0.3) is 0 Å². The van der Waals surface area contributed by atoms with Gasteiger partial charge in [0, 0.05) is 0 Å². The third-order valence-corrected chi connectivity index (χ3v) is 6.22. The van der Waals surface area contributed by atoms with Crippen LogP contribution >= 0.6 is 0 Å². The summed E-state index contributed by atoms with van der Waals surface area (Å²) in [5, 5.41) is 0. The molecule has 0 amide bonds. The average Bonchev–Trinajstić information content (AvgIpc) is 2.54. The summed E-state index contributed by atoms with van der Waals surface area (Å²) in [6.07, 6.45) is 23.6. The van der Waals surface area contributed by atoms with Gasteiger partial charge in [0.1, 0.15) is 0 Å². The first-order chi connectivity index (χ1) is 11.6. The molecule has 1 atom stereocenters. The molecule has 0 saturated heterocycles. The highest BCUT2D eigenvalue weighted by molar-refractivity contribution is 5.07. The molecule has 142 valence electrons. The van der Waals surface area contributed by atoms with Gasteiger partial charge >= 0.3 is 0 Å². The quantitative estimate of drug-likeness (QED) is 0.450. The molecular formula is C24H46. The Kier molecular flexibility index (Phi) is 12.7. The first-order valence-electron chi connectivity index (χ1n) is 11.2. The van der Waals surface area contributed by atoms with Gasteiger partial charge in [0.15, 0.2) is 0 Å². The van der Waals surface area contributed by atoms with Gasteiger partial charge in [0.25, 0.3) is 0 Å². The van der Waals surface area contributed by atoms with E-state index < -0.39 is 0 Å². The van der Waals surface area contributed by atoms with Crippen LogP contribution in [0.2, 0.25) is 0 Å². The van der Waals surface area contributed by atoms with E-state index in [1.165, 1.54) is 108 Å². The fourth-order valence-electron chi connectivity index (χ4n) is 4.39. The Morgan fingerprint density at radius 1 is 0.667 bits per heavy atom. The second kappa shape index (κ2) is 14.0. The van der Waals surface area contributed by atoms with Crippen LogP contribution in [-0.2, 0) is 0 Å². The summed E-state index contributed by atoms with van der Waals surface area (Å²) in [6.45, 7) is 9.36. The van der Waals surface area contributed by atoms with Crippen molar-refractivity contribution in [2.75, 3.05) is 0 Å². The van der Waals surface area contributed by atoms with E-state index in [-0.39, 0.29) is 0 Å². The molecule has 0 aromatic carbocycles. The highest BCUT2D eigenvalue weighted by Gasteiger charge is 2.14. The molecule has 0 heterocycles. The van der Waals surface area contributed by atoms with Crippen LogP contribution in [-0.4, -0.2) is 0 Å². The zero-order valence-corrected chi connectivity index (χ0v) is 17.5. The highest BCUT2D eigenvalue weighted by Crippen LogP contribution is 2.29. The monoisotopic (exact) mass is 334 g/mol. The van der Waals surface area contributed by atoms with E-state index in [0.717, 1.165) is 11.8 Å². The molecular weight excluding hydrogens is 288 g/mol. The van der Waals surface area contributed by atoms with E-state index in [9.17, 15) is 0 Å². The second-order valence-corrected chi connectivity index (χ2v) is 9.01. The van der Waals surface area contributed by atoms with E-state index in [4.69, 9.17) is 0 Å². The first kappa shape index (κ1) is 21.8. The zero-order valence-electron chi connectivity index (χ0n) is 17.5. The minimum atomic E-state index is 0.868. The van der Waals surface area contributed by atoms with Crippen LogP contribution in [0.1, 0.15) is 130 Å². The standard InChI is InChI=1S/C24H46/c1-21(2)23(4)19-22(3)20-24-17-15-13-11-9-7-5-6-8-10-12-14-16-18-24/h22,24H,5-20H2,1-4H3. The minimum absolute atomic E-state index is 0.868. The molecule has 0 aromatic heterocycles. The molecule has 0 aliphatic heterocycles. The largest absolute Gasteiger partial charge is 0.0775 e. The highest BCUT2D eigenvalue weighted by atomic mass is 14.2. The van der Waals surface area contributed by atoms with Crippen molar-refractivity contribution < 1.29 is 0 Å². The Bertz CT molecular complexity index is 305. The lowest BCUT2D eigenvalue weighted by Crippen LogP contribution is -2.08. The van der Waals surface area contributed by atoms with Gasteiger partial charge < -0.3 is 0 Å². The predicted octanol–water partition coefficient (Wildman–Crippen LogP) is 8.85. The van der Waals surface area contributed by atoms with Crippen LogP contribution in [0.5, 0.6) is 0 Å². The topological polar surface area (TPSA) is 0 Å². The number of allylic oxidation sites excluding steroid dienone is 2. The molecule has 1 aliphatic carbocycles. The summed E-state index contributed by atoms with van der Waals surface area (Å²) in [6, 6.07) is 0. The van der Waals surface area contributed by atoms with E-state index in [0.29, 0.717) is 0 Å². The Morgan fingerprint density at radius 3 is 1.42 bits per heavy atom. The lowest BCUT2D eigenvalue weighted by Gasteiger charge is -2.22. The van der Waals surface area contributed by atoms with Crippen LogP contribution in [0, 0.1) is 11.8 Å². The van der Waals surface area contributed by atoms with Gasteiger partial charge in [-0.2, -0.15) is 0 Å². The van der Waals surface area contributed by atoms with Crippen molar-refractivity contribution in [3.63, 3.8) is 0 Å². The second-order valence-electron chi connectivity index (χ2n) is 9.01. The smallest absolute Gasteiger partial charge is 0.0295 e. The molecule has 24 heavy (non-hydrogen) atoms. The maximum atomic E-state index is 2.49. The van der Waals surface area contributed by atoms with Gasteiger partial charge in [0.2, 0.25) is 0 Å². The molecule has 1 rings (SSSR count). The van der Waals surface area contributed by atoms with Crippen molar-refractivity contribution >= 4 is 0 Å². The van der Waals surface area contributed by atoms with Crippen molar-refractivity contribution in [1.29, 1.82) is 0 Å². The lowest BCUT2D eigenvalue weighted by atomic mass is 9.84. The Balaban J connectivity index is 2.40. The van der Waals surface area contributed by atoms with Gasteiger partial charge in [-0.3, -0.25) is 0 Å². The molecule has 0 aromatic rings. The first-order valence-corrected chi connectivity index (χ1v) is 11.2. The van der Waals surface area contributed by atoms with Gasteiger partial charge in [-0.25, -0.2) is 0 Å². The molecule has 0 N–H and O–H groups in total. The van der Waals surface area contributed by atoms with Crippen LogP contribution in [0.4, 0.5) is 0 Å². The van der Waals surface area contributed by atoms with Crippen molar-refractivity contribution in [2.45, 2.75) is 130 Å². The summed E-state index contributed by atoms with van der Waals surface area (Å²) in [7, 11) is 0. The normalized spacial score (nSPS) is 21.5. The number of hydrogen-bond donors (Lipinski definition) is 0. The molecule has 0 heteroatoms. The Morgan fingerprint density at radius 2 is 1.04 bits per heavy atom. The summed E-state index contributed by atoms with van der Waals surface area (Å²) in [4.78, 5) is 0. The van der Waals surface area contributed by atoms with E-state index in [1.807, 2.05) is 0 Å². The fraction of sp³-hybridized carbons (Fsp3) is 0.917. The molecule has 0 bridgehead atoms. The van der Waals surface area contributed by atoms with Gasteiger partial charge in [-0.15, -0.1) is 0 Å². The summed E-state index contributed by atoms with van der Waals surface area (Å²) in [5.41, 5.74) is 3.16. The maximum absolute atomic E-state index is 2.49. The van der Waals surface area contributed by atoms with E-state index in [2.05, 4.69) is 27.7 Å². The summed E-state index contributed by atoms with van der Waals surface area (Å²) < 4.78 is 0. The van der Waals surface area contributed by atoms with E-state index in [1.54, 1.807) is 5.57 Å². The predicted molar refractivity (Wildman–Crippen MR) is 111 cm³/mol. The minimum Gasteiger partial charge on any atom is -0.0775 e. The molecule has 0 spiro atoms. The van der Waals surface area contributed by atoms with Crippen LogP contribution in [0.15, 0.2) is 11.1 Å². The van der Waals surface area contributed by atoms with Crippen molar-refractivity contribution in [3.8, 4) is 0 Å². The van der Waals surface area contributed by atoms with Gasteiger partial charge in [0.05, 0.1) is 0 Å². The number of rotatable bonds is 4. The maximum Gasteiger partial charge on any atom is -0.0295 e. The molecule has 1 unspecified atom stereocenters. The van der Waals surface area contributed by atoms with Crippen LogP contribution < -0.4 is 0 Å². The molecule has 1 aliphatic rings. The lowest BCUT2D eigenvalue weighted by molar-refractivity contribution is 0.326. The summed E-state index contributed by atoms with van der Waals surface area (Å²) >= 11 is 0. The fourth-order valence-corrected chi connectivity index (χ4v) is 4.39. The SMILES string of the molecule is CC(C)=C(C)CC(C)CC1CCCCCCCCCCCCCC1. The Labute approximate surface area is 153 Å². The van der Waals surface area contributed by atoms with Crippen molar-refractivity contribution in [1.82, 2.24) is 0 Å². The van der Waals surface area contributed by atoms with Gasteiger partial charge in [-0.1, -0.05) is 108 Å². The average molecular weight is 335 g/mol.